The summed E-state index contributed by atoms with van der Waals surface area (Å²) in [6.07, 6.45) is -2.33. The first-order valence-electron chi connectivity index (χ1n) is 2.25. The van der Waals surface area contributed by atoms with Crippen LogP contribution >= 0.6 is 7.82 Å². The summed E-state index contributed by atoms with van der Waals surface area (Å²) in [4.78, 5) is 61.7. The van der Waals surface area contributed by atoms with Gasteiger partial charge in [-0.25, -0.2) is 4.57 Å². The summed E-state index contributed by atoms with van der Waals surface area (Å²) < 4.78 is 8.88. The summed E-state index contributed by atoms with van der Waals surface area (Å²) in [5, 5.41) is 16.7. The average molecular weight is 332 g/mol. The van der Waals surface area contributed by atoms with Crippen LogP contribution in [0.25, 0.3) is 0 Å². The van der Waals surface area contributed by atoms with Gasteiger partial charge in [0, 0.05) is 0 Å². The summed E-state index contributed by atoms with van der Waals surface area (Å²) >= 11 is 0. The van der Waals surface area contributed by atoms with Crippen LogP contribution in [-0.4, -0.2) is 115 Å². The maximum absolute atomic E-state index is 8.88. The predicted molar refractivity (Wildman–Crippen MR) is 41.4 cm³/mol. The van der Waals surface area contributed by atoms with E-state index in [0.717, 1.165) is 0 Å². The van der Waals surface area contributed by atoms with E-state index in [1.54, 1.807) is 0 Å². The quantitative estimate of drug-likeness (QED) is 0.206. The second-order valence-corrected chi connectivity index (χ2v) is 3.44. The van der Waals surface area contributed by atoms with E-state index in [4.69, 9.17) is 53.4 Å². The van der Waals surface area contributed by atoms with Crippen molar-refractivity contribution in [2.75, 3.05) is 0 Å². The Bertz CT molecular complexity index is 176. The summed E-state index contributed by atoms with van der Waals surface area (Å²) in [6.45, 7) is 0. The molecule has 0 aromatic carbocycles. The first kappa shape index (κ1) is 30.8. The van der Waals surface area contributed by atoms with E-state index in [1.807, 2.05) is 0 Å². The number of phosphoric acid groups is 1. The van der Waals surface area contributed by atoms with Gasteiger partial charge in [0.25, 0.3) is 0 Å². The molecule has 0 heterocycles. The Hall–Kier alpha value is 1.96. The molecule has 0 aliphatic rings. The molecule has 0 aliphatic heterocycles. The smallest absolute Gasteiger partial charge is 0.828 e. The van der Waals surface area contributed by atoms with Crippen LogP contribution in [0.3, 0.4) is 0 Å². The van der Waals surface area contributed by atoms with Crippen molar-refractivity contribution in [1.29, 1.82) is 0 Å². The molecule has 0 rings (SSSR count). The van der Waals surface area contributed by atoms with Gasteiger partial charge >= 0.3 is 83.3 Å². The third kappa shape index (κ3) is 933. The number of carbonyl (C=O) groups is 1. The Labute approximate surface area is 150 Å². The molecule has 11 nitrogen and oxygen atoms in total. The van der Waals surface area contributed by atoms with Crippen molar-refractivity contribution < 1.29 is 53.4 Å². The van der Waals surface area contributed by atoms with Gasteiger partial charge < -0.3 is 48.9 Å². The number of hydrogen-bond donors (Lipinski definition) is 5. The van der Waals surface area contributed by atoms with E-state index >= 15 is 0 Å². The minimum absolute atomic E-state index is 0. The van der Waals surface area contributed by atoms with E-state index in [9.17, 15) is 0 Å². The Balaban J connectivity index is -0.0000000358. The van der Waals surface area contributed by atoms with Gasteiger partial charge in [-0.1, -0.05) is 0 Å². The van der Waals surface area contributed by atoms with Crippen LogP contribution in [0, 0.1) is 0 Å². The molecule has 88 valence electrons. The van der Waals surface area contributed by atoms with Crippen LogP contribution in [0.4, 0.5) is 4.79 Å². The van der Waals surface area contributed by atoms with Crippen molar-refractivity contribution in [1.82, 2.24) is 0 Å². The van der Waals surface area contributed by atoms with Crippen LogP contribution in [0.2, 0.25) is 0 Å². The van der Waals surface area contributed by atoms with Crippen LogP contribution in [0.15, 0.2) is 0 Å². The summed E-state index contributed by atoms with van der Waals surface area (Å²) in [5.74, 6) is 0. The number of carboxylic acid groups (broad SMARTS) is 2. The van der Waals surface area contributed by atoms with Gasteiger partial charge in [0.2, 0.25) is 0 Å². The molecule has 5 N–H and O–H groups in total. The van der Waals surface area contributed by atoms with E-state index in [2.05, 4.69) is 0 Å². The number of hydrogen-bond acceptors (Lipinski definition) is 8. The van der Waals surface area contributed by atoms with Crippen LogP contribution < -0.4 is 19.8 Å². The molecule has 0 atom stereocenters. The molecule has 16 heavy (non-hydrogen) atoms. The molecule has 0 fully saturated rings. The molecular formula is CH5Ca2O11PSi. The normalized spacial score (nSPS) is 8.94. The van der Waals surface area contributed by atoms with Gasteiger partial charge in [-0.3, -0.25) is 0 Å². The first-order valence-corrected chi connectivity index (χ1v) is 5.53. The van der Waals surface area contributed by atoms with Gasteiger partial charge in [0.05, 0.1) is 0 Å². The van der Waals surface area contributed by atoms with Gasteiger partial charge in [0.15, 0.2) is 0 Å². The van der Waals surface area contributed by atoms with Gasteiger partial charge in [-0.2, -0.15) is 0 Å². The predicted octanol–water partition coefficient (Wildman–Crippen LogP) is -8.01. The SMILES string of the molecule is O=C([O-])[O-].O=P(O)(O)O.[Ca+2].[Ca+2].[O-][Si]([O-])(O)O. The monoisotopic (exact) mass is 332 g/mol. The first-order chi connectivity index (χ1) is 5.73. The fourth-order valence-electron chi connectivity index (χ4n) is 0. The molecule has 0 aromatic heterocycles. The van der Waals surface area contributed by atoms with E-state index < -0.39 is 23.0 Å². The molecule has 0 amide bonds. The topological polar surface area (TPSA) is 228 Å². The van der Waals surface area contributed by atoms with Crippen molar-refractivity contribution in [2.45, 2.75) is 0 Å². The molecular weight excluding hydrogens is 327 g/mol. The van der Waals surface area contributed by atoms with Crippen LogP contribution in [0.5, 0.6) is 0 Å². The fraction of sp³-hybridized carbons (Fsp3) is 0. The number of rotatable bonds is 0. The molecule has 15 heteroatoms. The fourth-order valence-corrected chi connectivity index (χ4v) is 0. The maximum atomic E-state index is 8.88. The molecule has 0 aromatic rings. The van der Waals surface area contributed by atoms with Crippen LogP contribution in [-0.2, 0) is 4.57 Å². The Kier molecular flexibility index (Phi) is 28.9. The summed E-state index contributed by atoms with van der Waals surface area (Å²) in [6, 6.07) is 0. The second-order valence-electron chi connectivity index (χ2n) is 1.31. The molecule has 0 unspecified atom stereocenters. The van der Waals surface area contributed by atoms with Crippen molar-refractivity contribution >= 4 is 98.5 Å². The van der Waals surface area contributed by atoms with Gasteiger partial charge in [0.1, 0.15) is 9.05 Å². The zero-order valence-electron chi connectivity index (χ0n) is 7.55. The van der Waals surface area contributed by atoms with Crippen molar-refractivity contribution in [2.24, 2.45) is 0 Å². The molecule has 0 saturated heterocycles. The number of carbonyl (C=O) groups excluding carboxylic acids is 1. The minimum atomic E-state index is -5.11. The van der Waals surface area contributed by atoms with E-state index in [-0.39, 0.29) is 75.5 Å². The minimum Gasteiger partial charge on any atom is -0.828 e. The van der Waals surface area contributed by atoms with E-state index in [1.165, 1.54) is 0 Å². The molecule has 0 saturated carbocycles. The molecule has 0 aliphatic carbocycles. The third-order valence-electron chi connectivity index (χ3n) is 0. The Morgan fingerprint density at radius 3 is 1.00 bits per heavy atom. The van der Waals surface area contributed by atoms with Crippen molar-refractivity contribution in [3.05, 3.63) is 0 Å². The van der Waals surface area contributed by atoms with Crippen LogP contribution in [0.1, 0.15) is 0 Å². The molecule has 0 spiro atoms. The third-order valence-corrected chi connectivity index (χ3v) is 0. The van der Waals surface area contributed by atoms with Gasteiger partial charge in [-0.05, 0) is 6.16 Å². The maximum Gasteiger partial charge on any atom is 2.00 e. The van der Waals surface area contributed by atoms with Crippen molar-refractivity contribution in [3.8, 4) is 0 Å². The zero-order valence-corrected chi connectivity index (χ0v) is 13.9. The largest absolute Gasteiger partial charge is 2.00 e. The van der Waals surface area contributed by atoms with Gasteiger partial charge in [-0.15, -0.1) is 0 Å². The Morgan fingerprint density at radius 1 is 1.00 bits per heavy atom. The Morgan fingerprint density at radius 2 is 1.00 bits per heavy atom. The summed E-state index contributed by atoms with van der Waals surface area (Å²) in [5.41, 5.74) is 0. The van der Waals surface area contributed by atoms with Crippen molar-refractivity contribution in [3.63, 3.8) is 0 Å². The summed E-state index contributed by atoms with van der Waals surface area (Å²) in [7, 11) is -9.75. The standard InChI is InChI=1S/CH2O3.2Ca.H3O4P.H2O4Si/c2-1(3)4;;;2*1-5(2,3)4/h(H2,2,3,4);;;(H3,1,2,3,4);1-2H/q;2*+2;;-2/p-2. The second kappa shape index (κ2) is 15.0. The average Bonchev–Trinajstić information content (AvgIpc) is 1.45. The molecule has 0 radical (unpaired) electrons. The molecule has 0 bridgehead atoms. The zero-order chi connectivity index (χ0) is 12.6. The van der Waals surface area contributed by atoms with E-state index in [0.29, 0.717) is 0 Å².